The van der Waals surface area contributed by atoms with Crippen LogP contribution in [0.4, 0.5) is 0 Å². The highest BCUT2D eigenvalue weighted by Crippen LogP contribution is 2.09. The van der Waals surface area contributed by atoms with Crippen LogP contribution in [0.3, 0.4) is 0 Å². The summed E-state index contributed by atoms with van der Waals surface area (Å²) in [5.41, 5.74) is 0. The van der Waals surface area contributed by atoms with Gasteiger partial charge in [0.25, 0.3) is 0 Å². The molecule has 0 aromatic carbocycles. The summed E-state index contributed by atoms with van der Waals surface area (Å²) in [4.78, 5) is 12.5. The molecular formula is C11H17ClN2OS. The third-order valence-electron chi connectivity index (χ3n) is 2.69. The van der Waals surface area contributed by atoms with Crippen molar-refractivity contribution in [2.45, 2.75) is 18.9 Å². The minimum absolute atomic E-state index is 0. The molecule has 90 valence electrons. The maximum Gasteiger partial charge on any atom is 0.186 e. The van der Waals surface area contributed by atoms with Crippen molar-refractivity contribution in [1.29, 1.82) is 0 Å². The van der Waals surface area contributed by atoms with E-state index in [2.05, 4.69) is 10.6 Å². The molecule has 16 heavy (non-hydrogen) atoms. The van der Waals surface area contributed by atoms with Crippen molar-refractivity contribution in [3.63, 3.8) is 0 Å². The van der Waals surface area contributed by atoms with Crippen molar-refractivity contribution in [3.05, 3.63) is 22.4 Å². The molecule has 0 spiro atoms. The molecule has 5 heteroatoms. The number of ketones is 1. The predicted molar refractivity (Wildman–Crippen MR) is 69.8 cm³/mol. The van der Waals surface area contributed by atoms with Crippen LogP contribution in [-0.2, 0) is 0 Å². The monoisotopic (exact) mass is 260 g/mol. The summed E-state index contributed by atoms with van der Waals surface area (Å²) in [7, 11) is 0. The Kier molecular flexibility index (Phi) is 5.98. The van der Waals surface area contributed by atoms with Gasteiger partial charge in [-0.3, -0.25) is 4.79 Å². The minimum Gasteiger partial charge on any atom is -0.317 e. The summed E-state index contributed by atoms with van der Waals surface area (Å²) in [6.45, 7) is 2.60. The summed E-state index contributed by atoms with van der Waals surface area (Å²) in [5, 5.41) is 8.58. The van der Waals surface area contributed by atoms with Crippen molar-refractivity contribution in [2.24, 2.45) is 0 Å². The first-order valence-corrected chi connectivity index (χ1v) is 6.25. The van der Waals surface area contributed by atoms with Crippen LogP contribution in [0.5, 0.6) is 0 Å². The second-order valence-corrected chi connectivity index (χ2v) is 4.75. The Labute approximate surface area is 106 Å². The molecule has 0 amide bonds. The summed E-state index contributed by atoms with van der Waals surface area (Å²) in [6, 6.07) is 4.31. The Morgan fingerprint density at radius 3 is 2.88 bits per heavy atom. The first-order chi connectivity index (χ1) is 7.36. The van der Waals surface area contributed by atoms with E-state index in [4.69, 9.17) is 0 Å². The van der Waals surface area contributed by atoms with Crippen molar-refractivity contribution in [3.8, 4) is 0 Å². The lowest BCUT2D eigenvalue weighted by atomic mass is 10.1. The average Bonchev–Trinajstić information content (AvgIpc) is 2.81. The number of hydrogen-bond donors (Lipinski definition) is 2. The van der Waals surface area contributed by atoms with Gasteiger partial charge in [0.15, 0.2) is 5.78 Å². The number of halogens is 1. The molecule has 3 nitrogen and oxygen atoms in total. The first-order valence-electron chi connectivity index (χ1n) is 5.37. The van der Waals surface area contributed by atoms with Gasteiger partial charge >= 0.3 is 0 Å². The fourth-order valence-corrected chi connectivity index (χ4v) is 2.45. The molecule has 0 aliphatic carbocycles. The van der Waals surface area contributed by atoms with Gasteiger partial charge in [0.2, 0.25) is 0 Å². The summed E-state index contributed by atoms with van der Waals surface area (Å²) in [5.74, 6) is 0.212. The first kappa shape index (κ1) is 13.6. The fraction of sp³-hybridized carbons (Fsp3) is 0.545. The Morgan fingerprint density at radius 1 is 1.50 bits per heavy atom. The van der Waals surface area contributed by atoms with E-state index in [1.165, 1.54) is 11.3 Å². The van der Waals surface area contributed by atoms with E-state index < -0.39 is 0 Å². The number of Topliss-reactive ketones (excluding diaryl/α,β-unsaturated/α-hetero) is 1. The smallest absolute Gasteiger partial charge is 0.186 e. The van der Waals surface area contributed by atoms with Gasteiger partial charge in [-0.1, -0.05) is 6.07 Å². The molecular weight excluding hydrogens is 244 g/mol. The fourth-order valence-electron chi connectivity index (χ4n) is 1.79. The van der Waals surface area contributed by atoms with E-state index in [-0.39, 0.29) is 18.2 Å². The van der Waals surface area contributed by atoms with Gasteiger partial charge in [-0.25, -0.2) is 0 Å². The van der Waals surface area contributed by atoms with Gasteiger partial charge in [0.05, 0.1) is 11.4 Å². The Bertz CT molecular complexity index is 310. The molecule has 0 atom stereocenters. The van der Waals surface area contributed by atoms with Gasteiger partial charge < -0.3 is 10.6 Å². The number of piperidine rings is 1. The zero-order chi connectivity index (χ0) is 10.5. The second kappa shape index (κ2) is 7.01. The number of carbonyl (C=O) groups is 1. The maximum absolute atomic E-state index is 11.7. The average molecular weight is 261 g/mol. The van der Waals surface area contributed by atoms with E-state index in [0.29, 0.717) is 12.6 Å². The van der Waals surface area contributed by atoms with Crippen LogP contribution in [0, 0.1) is 0 Å². The molecule has 0 unspecified atom stereocenters. The Hall–Kier alpha value is -0.420. The van der Waals surface area contributed by atoms with Gasteiger partial charge in [-0.15, -0.1) is 23.7 Å². The van der Waals surface area contributed by atoms with Crippen molar-refractivity contribution < 1.29 is 4.79 Å². The van der Waals surface area contributed by atoms with Crippen LogP contribution in [-0.4, -0.2) is 31.5 Å². The highest BCUT2D eigenvalue weighted by molar-refractivity contribution is 7.12. The molecule has 0 radical (unpaired) electrons. The zero-order valence-corrected chi connectivity index (χ0v) is 10.7. The number of hydrogen-bond acceptors (Lipinski definition) is 4. The van der Waals surface area contributed by atoms with E-state index in [9.17, 15) is 4.79 Å². The normalized spacial score (nSPS) is 16.8. The number of thiophene rings is 1. The topological polar surface area (TPSA) is 41.1 Å². The van der Waals surface area contributed by atoms with Gasteiger partial charge in [-0.2, -0.15) is 0 Å². The Balaban J connectivity index is 0.00000128. The lowest BCUT2D eigenvalue weighted by Crippen LogP contribution is -2.41. The van der Waals surface area contributed by atoms with Crippen LogP contribution in [0.15, 0.2) is 17.5 Å². The lowest BCUT2D eigenvalue weighted by molar-refractivity contribution is 0.0989. The summed E-state index contributed by atoms with van der Waals surface area (Å²) < 4.78 is 0. The van der Waals surface area contributed by atoms with E-state index in [0.717, 1.165) is 30.8 Å². The van der Waals surface area contributed by atoms with Gasteiger partial charge in [0, 0.05) is 6.04 Å². The highest BCUT2D eigenvalue weighted by Gasteiger charge is 2.14. The van der Waals surface area contributed by atoms with Crippen molar-refractivity contribution >= 4 is 29.5 Å². The number of carbonyl (C=O) groups excluding carboxylic acids is 1. The van der Waals surface area contributed by atoms with E-state index in [1.807, 2.05) is 17.5 Å². The van der Waals surface area contributed by atoms with Crippen molar-refractivity contribution in [2.75, 3.05) is 19.6 Å². The Morgan fingerprint density at radius 2 is 2.25 bits per heavy atom. The van der Waals surface area contributed by atoms with E-state index >= 15 is 0 Å². The molecule has 1 aliphatic heterocycles. The van der Waals surface area contributed by atoms with Crippen LogP contribution < -0.4 is 10.6 Å². The number of nitrogens with one attached hydrogen (secondary N) is 2. The molecule has 0 saturated carbocycles. The van der Waals surface area contributed by atoms with Crippen LogP contribution >= 0.6 is 23.7 Å². The van der Waals surface area contributed by atoms with Crippen molar-refractivity contribution in [1.82, 2.24) is 10.6 Å². The summed E-state index contributed by atoms with van der Waals surface area (Å²) in [6.07, 6.45) is 2.25. The predicted octanol–water partition coefficient (Wildman–Crippen LogP) is 1.69. The largest absolute Gasteiger partial charge is 0.317 e. The third kappa shape index (κ3) is 3.87. The van der Waals surface area contributed by atoms with Crippen LogP contribution in [0.2, 0.25) is 0 Å². The quantitative estimate of drug-likeness (QED) is 0.810. The SMILES string of the molecule is Cl.O=C(CNC1CCNCC1)c1cccs1. The standard InChI is InChI=1S/C11H16N2OS.ClH/c14-10(11-2-1-7-15-11)8-13-9-3-5-12-6-4-9;/h1-2,7,9,12-13H,3-6,8H2;1H. The molecule has 1 aromatic rings. The maximum atomic E-state index is 11.7. The molecule has 1 saturated heterocycles. The second-order valence-electron chi connectivity index (χ2n) is 3.81. The summed E-state index contributed by atoms with van der Waals surface area (Å²) >= 11 is 1.52. The molecule has 2 heterocycles. The molecule has 2 rings (SSSR count). The molecule has 1 aromatic heterocycles. The lowest BCUT2D eigenvalue weighted by Gasteiger charge is -2.23. The van der Waals surface area contributed by atoms with Crippen LogP contribution in [0.1, 0.15) is 22.5 Å². The van der Waals surface area contributed by atoms with Crippen LogP contribution in [0.25, 0.3) is 0 Å². The van der Waals surface area contributed by atoms with Gasteiger partial charge in [0.1, 0.15) is 0 Å². The van der Waals surface area contributed by atoms with E-state index in [1.54, 1.807) is 0 Å². The zero-order valence-electron chi connectivity index (χ0n) is 9.07. The molecule has 1 fully saturated rings. The third-order valence-corrected chi connectivity index (χ3v) is 3.60. The molecule has 0 bridgehead atoms. The highest BCUT2D eigenvalue weighted by atomic mass is 35.5. The van der Waals surface area contributed by atoms with Gasteiger partial charge in [-0.05, 0) is 37.4 Å². The minimum atomic E-state index is 0. The molecule has 1 aliphatic rings. The number of rotatable bonds is 4. The molecule has 2 N–H and O–H groups in total.